The first kappa shape index (κ1) is 21.4. The number of amides is 2. The fourth-order valence-corrected chi connectivity index (χ4v) is 3.57. The van der Waals surface area contributed by atoms with Gasteiger partial charge in [-0.2, -0.15) is 0 Å². The fourth-order valence-electron chi connectivity index (χ4n) is 2.70. The number of sulfonamides is 1. The van der Waals surface area contributed by atoms with Gasteiger partial charge in [-0.15, -0.1) is 0 Å². The highest BCUT2D eigenvalue weighted by Gasteiger charge is 2.29. The molecule has 9 nitrogen and oxygen atoms in total. The van der Waals surface area contributed by atoms with E-state index in [1.165, 1.54) is 4.31 Å². The van der Waals surface area contributed by atoms with Crippen LogP contribution in [0, 0.1) is 11.8 Å². The van der Waals surface area contributed by atoms with Gasteiger partial charge < -0.3 is 15.7 Å². The molecule has 1 aliphatic rings. The van der Waals surface area contributed by atoms with E-state index in [0.717, 1.165) is 6.26 Å². The van der Waals surface area contributed by atoms with Crippen LogP contribution in [0.15, 0.2) is 0 Å². The predicted molar refractivity (Wildman–Crippen MR) is 91.2 cm³/mol. The zero-order valence-electron chi connectivity index (χ0n) is 14.8. The number of carbonyl (C=O) groups excluding carboxylic acids is 2. The zero-order valence-corrected chi connectivity index (χ0v) is 15.6. The van der Waals surface area contributed by atoms with Crippen LogP contribution in [-0.2, 0) is 24.4 Å². The maximum atomic E-state index is 12.1. The molecule has 1 aliphatic heterocycles. The minimum Gasteiger partial charge on any atom is -0.480 e. The van der Waals surface area contributed by atoms with Crippen molar-refractivity contribution in [3.63, 3.8) is 0 Å². The smallest absolute Gasteiger partial charge is 0.326 e. The Kier molecular flexibility index (Phi) is 7.81. The molecule has 0 aromatic carbocycles. The van der Waals surface area contributed by atoms with E-state index in [0.29, 0.717) is 19.3 Å². The summed E-state index contributed by atoms with van der Waals surface area (Å²) < 4.78 is 24.2. The van der Waals surface area contributed by atoms with Crippen molar-refractivity contribution in [3.05, 3.63) is 0 Å². The Balaban J connectivity index is 2.41. The van der Waals surface area contributed by atoms with Crippen LogP contribution in [0.3, 0.4) is 0 Å². The van der Waals surface area contributed by atoms with Crippen LogP contribution in [-0.4, -0.2) is 67.5 Å². The van der Waals surface area contributed by atoms with E-state index in [4.69, 9.17) is 5.11 Å². The maximum Gasteiger partial charge on any atom is 0.326 e. The minimum absolute atomic E-state index is 0.107. The molecule has 1 saturated heterocycles. The van der Waals surface area contributed by atoms with Gasteiger partial charge in [-0.3, -0.25) is 9.59 Å². The largest absolute Gasteiger partial charge is 0.480 e. The highest BCUT2D eigenvalue weighted by atomic mass is 32.2. The minimum atomic E-state index is -3.25. The summed E-state index contributed by atoms with van der Waals surface area (Å²) in [5, 5.41) is 14.0. The van der Waals surface area contributed by atoms with Crippen LogP contribution in [0.1, 0.15) is 33.1 Å². The maximum absolute atomic E-state index is 12.1. The second kappa shape index (κ2) is 9.14. The molecule has 0 unspecified atom stereocenters. The number of carboxylic acid groups (broad SMARTS) is 1. The summed E-state index contributed by atoms with van der Waals surface area (Å²) in [7, 11) is -3.25. The lowest BCUT2D eigenvalue weighted by atomic mass is 9.97. The summed E-state index contributed by atoms with van der Waals surface area (Å²) in [5.74, 6) is -2.23. The number of nitrogens with one attached hydrogen (secondary N) is 2. The number of aliphatic carboxylic acids is 1. The summed E-state index contributed by atoms with van der Waals surface area (Å²) in [5.41, 5.74) is 0. The van der Waals surface area contributed by atoms with E-state index < -0.39 is 27.9 Å². The lowest BCUT2D eigenvalue weighted by Crippen LogP contribution is -2.48. The SMILES string of the molecule is CC(C)C[C@H](NC(=O)CNC(=O)C1CCN(S(C)(=O)=O)CC1)C(=O)O. The number of rotatable bonds is 8. The van der Waals surface area contributed by atoms with E-state index >= 15 is 0 Å². The number of piperidine rings is 1. The van der Waals surface area contributed by atoms with Crippen molar-refractivity contribution >= 4 is 27.8 Å². The summed E-state index contributed by atoms with van der Waals surface area (Å²) >= 11 is 0. The molecule has 1 heterocycles. The Bertz CT molecular complexity index is 596. The van der Waals surface area contributed by atoms with E-state index in [9.17, 15) is 22.8 Å². The van der Waals surface area contributed by atoms with Gasteiger partial charge in [-0.25, -0.2) is 17.5 Å². The van der Waals surface area contributed by atoms with E-state index in [2.05, 4.69) is 10.6 Å². The predicted octanol–water partition coefficient (Wildman–Crippen LogP) is -0.610. The van der Waals surface area contributed by atoms with Crippen LogP contribution in [0.2, 0.25) is 0 Å². The monoisotopic (exact) mass is 377 g/mol. The van der Waals surface area contributed by atoms with Gasteiger partial charge in [0.2, 0.25) is 21.8 Å². The first-order chi connectivity index (χ1) is 11.5. The average Bonchev–Trinajstić information content (AvgIpc) is 2.50. The van der Waals surface area contributed by atoms with Crippen molar-refractivity contribution < 1.29 is 27.9 Å². The van der Waals surface area contributed by atoms with Crippen molar-refractivity contribution in [2.45, 2.75) is 39.2 Å². The second-order valence-corrected chi connectivity index (χ2v) is 8.72. The van der Waals surface area contributed by atoms with Crippen molar-refractivity contribution in [1.29, 1.82) is 0 Å². The summed E-state index contributed by atoms with van der Waals surface area (Å²) in [6, 6.07) is -0.984. The Morgan fingerprint density at radius 1 is 1.20 bits per heavy atom. The Hall–Kier alpha value is -1.68. The Morgan fingerprint density at radius 2 is 1.76 bits per heavy atom. The topological polar surface area (TPSA) is 133 Å². The molecule has 1 atom stereocenters. The standard InChI is InChI=1S/C15H27N3O6S/c1-10(2)8-12(15(21)22)17-13(19)9-16-14(20)11-4-6-18(7-5-11)25(3,23)24/h10-12H,4-9H2,1-3H3,(H,16,20)(H,17,19)(H,21,22)/t12-/m0/s1. The van der Waals surface area contributed by atoms with Gasteiger partial charge in [-0.1, -0.05) is 13.8 Å². The summed E-state index contributed by atoms with van der Waals surface area (Å²) in [6.07, 6.45) is 2.23. The van der Waals surface area contributed by atoms with Gasteiger partial charge in [0, 0.05) is 19.0 Å². The van der Waals surface area contributed by atoms with Crippen LogP contribution in [0.5, 0.6) is 0 Å². The molecule has 0 aromatic rings. The van der Waals surface area contributed by atoms with Crippen LogP contribution in [0.25, 0.3) is 0 Å². The third-order valence-corrected chi connectivity index (χ3v) is 5.36. The molecule has 0 spiro atoms. The van der Waals surface area contributed by atoms with Gasteiger partial charge in [0.25, 0.3) is 0 Å². The first-order valence-electron chi connectivity index (χ1n) is 8.25. The zero-order chi connectivity index (χ0) is 19.2. The second-order valence-electron chi connectivity index (χ2n) is 6.74. The third kappa shape index (κ3) is 7.39. The van der Waals surface area contributed by atoms with Crippen LogP contribution < -0.4 is 10.6 Å². The first-order valence-corrected chi connectivity index (χ1v) is 10.1. The molecule has 25 heavy (non-hydrogen) atoms. The lowest BCUT2D eigenvalue weighted by molar-refractivity contribution is -0.142. The van der Waals surface area contributed by atoms with E-state index in [1.54, 1.807) is 0 Å². The molecule has 1 rings (SSSR count). The van der Waals surface area contributed by atoms with Crippen molar-refractivity contribution in [3.8, 4) is 0 Å². The molecule has 0 bridgehead atoms. The van der Waals surface area contributed by atoms with Crippen molar-refractivity contribution in [2.75, 3.05) is 25.9 Å². The molecule has 10 heteroatoms. The molecule has 1 fully saturated rings. The van der Waals surface area contributed by atoms with Crippen LogP contribution >= 0.6 is 0 Å². The fraction of sp³-hybridized carbons (Fsp3) is 0.800. The van der Waals surface area contributed by atoms with Gasteiger partial charge in [0.1, 0.15) is 6.04 Å². The number of carboxylic acids is 1. The molecule has 0 saturated carbocycles. The average molecular weight is 377 g/mol. The van der Waals surface area contributed by atoms with Gasteiger partial charge in [-0.05, 0) is 25.2 Å². The lowest BCUT2D eigenvalue weighted by Gasteiger charge is -2.29. The number of carbonyl (C=O) groups is 3. The quantitative estimate of drug-likeness (QED) is 0.517. The molecule has 0 radical (unpaired) electrons. The molecule has 0 aromatic heterocycles. The molecule has 2 amide bonds. The highest BCUT2D eigenvalue weighted by molar-refractivity contribution is 7.88. The summed E-state index contributed by atoms with van der Waals surface area (Å²) in [4.78, 5) is 35.0. The van der Waals surface area contributed by atoms with Crippen molar-refractivity contribution in [1.82, 2.24) is 14.9 Å². The molecular formula is C15H27N3O6S. The molecular weight excluding hydrogens is 350 g/mol. The molecule has 3 N–H and O–H groups in total. The molecule has 0 aliphatic carbocycles. The summed E-state index contributed by atoms with van der Waals surface area (Å²) in [6.45, 7) is 3.96. The normalized spacial score (nSPS) is 17.9. The van der Waals surface area contributed by atoms with Crippen molar-refractivity contribution in [2.24, 2.45) is 11.8 Å². The van der Waals surface area contributed by atoms with Crippen LogP contribution in [0.4, 0.5) is 0 Å². The number of hydrogen-bond acceptors (Lipinski definition) is 5. The molecule has 144 valence electrons. The van der Waals surface area contributed by atoms with Gasteiger partial charge in [0.05, 0.1) is 12.8 Å². The highest BCUT2D eigenvalue weighted by Crippen LogP contribution is 2.19. The van der Waals surface area contributed by atoms with E-state index in [1.807, 2.05) is 13.8 Å². The Labute approximate surface area is 148 Å². The van der Waals surface area contributed by atoms with Gasteiger partial charge >= 0.3 is 5.97 Å². The van der Waals surface area contributed by atoms with E-state index in [-0.39, 0.29) is 37.4 Å². The number of nitrogens with zero attached hydrogens (tertiary/aromatic N) is 1. The third-order valence-electron chi connectivity index (χ3n) is 4.06. The number of hydrogen-bond donors (Lipinski definition) is 3. The van der Waals surface area contributed by atoms with Gasteiger partial charge in [0.15, 0.2) is 0 Å². The Morgan fingerprint density at radius 3 is 2.20 bits per heavy atom.